The summed E-state index contributed by atoms with van der Waals surface area (Å²) in [5.41, 5.74) is 1.49. The highest BCUT2D eigenvalue weighted by Gasteiger charge is 2.31. The number of amides is 1. The number of aliphatic hydroxyl groups is 2. The lowest BCUT2D eigenvalue weighted by molar-refractivity contribution is -0.138. The maximum absolute atomic E-state index is 12.8. The first-order chi connectivity index (χ1) is 12.5. The molecule has 0 radical (unpaired) electrons. The molecule has 3 heterocycles. The summed E-state index contributed by atoms with van der Waals surface area (Å²) < 4.78 is 3.65. The van der Waals surface area contributed by atoms with Gasteiger partial charge in [0.1, 0.15) is 5.82 Å². The highest BCUT2D eigenvalue weighted by molar-refractivity contribution is 5.79. The molecule has 1 amide bonds. The molecule has 1 aliphatic carbocycles. The van der Waals surface area contributed by atoms with Gasteiger partial charge in [-0.05, 0) is 31.7 Å². The molecule has 4 rings (SSSR count). The number of hydrogen-bond donors (Lipinski definition) is 2. The van der Waals surface area contributed by atoms with Gasteiger partial charge in [-0.1, -0.05) is 0 Å². The SMILES string of the molecule is Cn1ccnc1[C@@H](O)c1cc2n(n1)CCN(C(=O)C1CCC(O)CC1)C2. The van der Waals surface area contributed by atoms with Gasteiger partial charge in [-0.25, -0.2) is 4.98 Å². The number of imidazole rings is 1. The van der Waals surface area contributed by atoms with Gasteiger partial charge in [0.05, 0.1) is 30.6 Å². The maximum atomic E-state index is 12.8. The Morgan fingerprint density at radius 3 is 2.73 bits per heavy atom. The summed E-state index contributed by atoms with van der Waals surface area (Å²) in [5.74, 6) is 0.746. The van der Waals surface area contributed by atoms with E-state index < -0.39 is 6.10 Å². The normalized spacial score (nSPS) is 24.3. The molecule has 0 bridgehead atoms. The second-order valence-corrected chi connectivity index (χ2v) is 7.35. The fraction of sp³-hybridized carbons (Fsp3) is 0.611. The molecule has 1 aliphatic heterocycles. The van der Waals surface area contributed by atoms with Crippen molar-refractivity contribution in [2.75, 3.05) is 6.54 Å². The number of rotatable bonds is 3. The van der Waals surface area contributed by atoms with E-state index in [0.717, 1.165) is 18.5 Å². The van der Waals surface area contributed by atoms with Gasteiger partial charge in [0.25, 0.3) is 0 Å². The lowest BCUT2D eigenvalue weighted by Gasteiger charge is -2.33. The molecule has 2 aromatic heterocycles. The highest BCUT2D eigenvalue weighted by Crippen LogP contribution is 2.28. The maximum Gasteiger partial charge on any atom is 0.226 e. The summed E-state index contributed by atoms with van der Waals surface area (Å²) in [6.45, 7) is 1.77. The summed E-state index contributed by atoms with van der Waals surface area (Å²) in [4.78, 5) is 18.9. The monoisotopic (exact) mass is 359 g/mol. The average Bonchev–Trinajstić information content (AvgIpc) is 3.26. The van der Waals surface area contributed by atoms with Crippen molar-refractivity contribution < 1.29 is 15.0 Å². The largest absolute Gasteiger partial charge is 0.393 e. The number of aliphatic hydroxyl groups excluding tert-OH is 2. The standard InChI is InChI=1S/C18H25N5O3/c1-21-7-6-19-17(21)16(25)15-10-13-11-22(8-9-23(13)20-15)18(26)12-2-4-14(24)5-3-12/h6-7,10,12,14,16,24-25H,2-5,8-9,11H2,1H3/t12?,14?,16-/m0/s1. The molecule has 1 atom stereocenters. The number of carbonyl (C=O) groups excluding carboxylic acids is 1. The van der Waals surface area contributed by atoms with Crippen molar-refractivity contribution in [3.63, 3.8) is 0 Å². The van der Waals surface area contributed by atoms with Crippen LogP contribution in [-0.4, -0.2) is 53.0 Å². The molecule has 1 saturated carbocycles. The van der Waals surface area contributed by atoms with Crippen LogP contribution in [0.1, 0.15) is 49.0 Å². The molecule has 2 aromatic rings. The molecule has 8 nitrogen and oxygen atoms in total. The zero-order chi connectivity index (χ0) is 18.3. The molecule has 2 aliphatic rings. The third-order valence-corrected chi connectivity index (χ3v) is 5.56. The van der Waals surface area contributed by atoms with E-state index in [1.807, 2.05) is 22.7 Å². The number of nitrogens with zero attached hydrogens (tertiary/aromatic N) is 5. The smallest absolute Gasteiger partial charge is 0.226 e. The van der Waals surface area contributed by atoms with Crippen LogP contribution in [0.25, 0.3) is 0 Å². The summed E-state index contributed by atoms with van der Waals surface area (Å²) >= 11 is 0. The second-order valence-electron chi connectivity index (χ2n) is 7.35. The van der Waals surface area contributed by atoms with Gasteiger partial charge in [-0.3, -0.25) is 9.48 Å². The Labute approximate surface area is 152 Å². The lowest BCUT2D eigenvalue weighted by Crippen LogP contribution is -2.42. The van der Waals surface area contributed by atoms with Crippen LogP contribution in [0.3, 0.4) is 0 Å². The average molecular weight is 359 g/mol. The van der Waals surface area contributed by atoms with Crippen LogP contribution in [0.15, 0.2) is 18.5 Å². The molecule has 0 unspecified atom stereocenters. The Balaban J connectivity index is 1.47. The molecule has 8 heteroatoms. The summed E-state index contributed by atoms with van der Waals surface area (Å²) in [6.07, 6.45) is 5.25. The third-order valence-electron chi connectivity index (χ3n) is 5.56. The van der Waals surface area contributed by atoms with Gasteiger partial charge in [-0.15, -0.1) is 0 Å². The predicted molar refractivity (Wildman–Crippen MR) is 92.9 cm³/mol. The zero-order valence-corrected chi connectivity index (χ0v) is 15.0. The number of fused-ring (bicyclic) bond motifs is 1. The van der Waals surface area contributed by atoms with E-state index in [9.17, 15) is 15.0 Å². The Kier molecular flexibility index (Phi) is 4.54. The van der Waals surface area contributed by atoms with Crippen LogP contribution >= 0.6 is 0 Å². The van der Waals surface area contributed by atoms with Crippen molar-refractivity contribution in [1.82, 2.24) is 24.2 Å². The van der Waals surface area contributed by atoms with Gasteiger partial charge in [0.15, 0.2) is 6.10 Å². The van der Waals surface area contributed by atoms with Crippen molar-refractivity contribution in [3.05, 3.63) is 35.7 Å². The Morgan fingerprint density at radius 1 is 1.27 bits per heavy atom. The lowest BCUT2D eigenvalue weighted by atomic mass is 9.86. The molecule has 0 aromatic carbocycles. The Hall–Kier alpha value is -2.19. The van der Waals surface area contributed by atoms with Crippen LogP contribution in [0.4, 0.5) is 0 Å². The van der Waals surface area contributed by atoms with E-state index in [2.05, 4.69) is 10.1 Å². The molecule has 0 spiro atoms. The van der Waals surface area contributed by atoms with E-state index in [1.54, 1.807) is 17.0 Å². The minimum absolute atomic E-state index is 0.0190. The van der Waals surface area contributed by atoms with Crippen LogP contribution < -0.4 is 0 Å². The van der Waals surface area contributed by atoms with Crippen molar-refractivity contribution in [3.8, 4) is 0 Å². The van der Waals surface area contributed by atoms with Crippen LogP contribution in [0.5, 0.6) is 0 Å². The van der Waals surface area contributed by atoms with E-state index in [-0.39, 0.29) is 17.9 Å². The number of aryl methyl sites for hydroxylation is 1. The Morgan fingerprint density at radius 2 is 2.04 bits per heavy atom. The highest BCUT2D eigenvalue weighted by atomic mass is 16.3. The molecule has 0 saturated heterocycles. The first kappa shape index (κ1) is 17.2. The molecule has 2 N–H and O–H groups in total. The van der Waals surface area contributed by atoms with E-state index >= 15 is 0 Å². The van der Waals surface area contributed by atoms with Gasteiger partial charge in [0, 0.05) is 31.9 Å². The topological polar surface area (TPSA) is 96.4 Å². The first-order valence-electron chi connectivity index (χ1n) is 9.21. The zero-order valence-electron chi connectivity index (χ0n) is 15.0. The van der Waals surface area contributed by atoms with E-state index in [1.165, 1.54) is 0 Å². The predicted octanol–water partition coefficient (Wildman–Crippen LogP) is 0.592. The number of hydrogen-bond acceptors (Lipinski definition) is 5. The van der Waals surface area contributed by atoms with Crippen LogP contribution in [0.2, 0.25) is 0 Å². The fourth-order valence-corrected chi connectivity index (χ4v) is 3.96. The van der Waals surface area contributed by atoms with Crippen LogP contribution in [0, 0.1) is 5.92 Å². The van der Waals surface area contributed by atoms with Gasteiger partial charge < -0.3 is 19.7 Å². The van der Waals surface area contributed by atoms with Crippen molar-refractivity contribution in [1.29, 1.82) is 0 Å². The quantitative estimate of drug-likeness (QED) is 0.836. The van der Waals surface area contributed by atoms with Gasteiger partial charge in [0.2, 0.25) is 5.91 Å². The van der Waals surface area contributed by atoms with E-state index in [0.29, 0.717) is 44.0 Å². The number of aromatic nitrogens is 4. The molecule has 26 heavy (non-hydrogen) atoms. The summed E-state index contributed by atoms with van der Waals surface area (Å²) in [5, 5.41) is 24.7. The van der Waals surface area contributed by atoms with E-state index in [4.69, 9.17) is 0 Å². The first-order valence-corrected chi connectivity index (χ1v) is 9.21. The third kappa shape index (κ3) is 3.14. The second kappa shape index (κ2) is 6.85. The summed E-state index contributed by atoms with van der Waals surface area (Å²) in [6, 6.07) is 1.86. The molecule has 140 valence electrons. The fourth-order valence-electron chi connectivity index (χ4n) is 3.96. The van der Waals surface area contributed by atoms with Gasteiger partial charge >= 0.3 is 0 Å². The summed E-state index contributed by atoms with van der Waals surface area (Å²) in [7, 11) is 1.84. The van der Waals surface area contributed by atoms with Crippen LogP contribution in [-0.2, 0) is 24.9 Å². The van der Waals surface area contributed by atoms with Gasteiger partial charge in [-0.2, -0.15) is 5.10 Å². The number of carbonyl (C=O) groups is 1. The minimum atomic E-state index is -0.878. The van der Waals surface area contributed by atoms with Crippen molar-refractivity contribution in [2.45, 2.75) is 51.0 Å². The van der Waals surface area contributed by atoms with Crippen molar-refractivity contribution >= 4 is 5.91 Å². The molecule has 1 fully saturated rings. The van der Waals surface area contributed by atoms with Crippen molar-refractivity contribution in [2.24, 2.45) is 13.0 Å². The Bertz CT molecular complexity index is 791. The molecular weight excluding hydrogens is 334 g/mol. The minimum Gasteiger partial charge on any atom is -0.393 e. The molecular formula is C18H25N5O3.